The van der Waals surface area contributed by atoms with Crippen LogP contribution in [-0.4, -0.2) is 23.5 Å². The molecule has 1 aromatic carbocycles. The lowest BCUT2D eigenvalue weighted by molar-refractivity contribution is -0.136. The molecule has 0 radical (unpaired) electrons. The largest absolute Gasteiger partial charge is 0.467 e. The summed E-state index contributed by atoms with van der Waals surface area (Å²) >= 11 is 5.89. The maximum atomic E-state index is 11.7. The molecule has 1 unspecified atom stereocenters. The summed E-state index contributed by atoms with van der Waals surface area (Å²) in [5.41, 5.74) is 0.361. The van der Waals surface area contributed by atoms with Crippen LogP contribution in [0.5, 0.6) is 0 Å². The molecule has 0 aliphatic heterocycles. The lowest BCUT2D eigenvalue weighted by Crippen LogP contribution is -2.36. The third kappa shape index (κ3) is 4.34. The topological polar surface area (TPSA) is 91.6 Å². The Bertz CT molecular complexity index is 643. The zero-order chi connectivity index (χ0) is 15.9. The molecule has 0 saturated carbocycles. The van der Waals surface area contributed by atoms with Crippen molar-refractivity contribution in [2.75, 3.05) is 11.9 Å². The Morgan fingerprint density at radius 2 is 1.95 bits per heavy atom. The van der Waals surface area contributed by atoms with E-state index in [2.05, 4.69) is 10.6 Å². The summed E-state index contributed by atoms with van der Waals surface area (Å²) in [6, 6.07) is 9.90. The first-order valence-electron chi connectivity index (χ1n) is 6.63. The van der Waals surface area contributed by atoms with Gasteiger partial charge in [0.2, 0.25) is 0 Å². The summed E-state index contributed by atoms with van der Waals surface area (Å²) < 4.78 is 5.04. The van der Waals surface area contributed by atoms with Gasteiger partial charge < -0.3 is 20.2 Å². The number of aliphatic hydroxyl groups is 1. The second kappa shape index (κ2) is 7.63. The molecule has 1 atom stereocenters. The Kier molecular flexibility index (Phi) is 5.57. The maximum absolute atomic E-state index is 11.7. The van der Waals surface area contributed by atoms with Crippen molar-refractivity contribution in [1.82, 2.24) is 5.32 Å². The lowest BCUT2D eigenvalue weighted by Gasteiger charge is -2.09. The standard InChI is InChI=1S/C15H15ClN2O4/c16-10-4-1-2-5-11(10)18-15(21)14(20)17-8-7-12(19)13-6-3-9-22-13/h1-6,9,12,19H,7-8H2,(H,17,20)(H,18,21). The summed E-state index contributed by atoms with van der Waals surface area (Å²) in [6.45, 7) is 0.136. The second-order valence-electron chi connectivity index (χ2n) is 4.51. The Balaban J connectivity index is 1.77. The lowest BCUT2D eigenvalue weighted by atomic mass is 10.2. The second-order valence-corrected chi connectivity index (χ2v) is 4.92. The average molecular weight is 323 g/mol. The number of furan rings is 1. The highest BCUT2D eigenvalue weighted by Crippen LogP contribution is 2.20. The van der Waals surface area contributed by atoms with E-state index in [9.17, 15) is 14.7 Å². The molecule has 2 amide bonds. The summed E-state index contributed by atoms with van der Waals surface area (Å²) in [5, 5.41) is 14.9. The molecule has 1 heterocycles. The highest BCUT2D eigenvalue weighted by Gasteiger charge is 2.16. The first-order valence-corrected chi connectivity index (χ1v) is 7.01. The number of carbonyl (C=O) groups is 2. The van der Waals surface area contributed by atoms with Crippen LogP contribution in [0.25, 0.3) is 0 Å². The predicted molar refractivity (Wildman–Crippen MR) is 81.4 cm³/mol. The van der Waals surface area contributed by atoms with Crippen molar-refractivity contribution in [3.8, 4) is 0 Å². The Morgan fingerprint density at radius 3 is 2.64 bits per heavy atom. The van der Waals surface area contributed by atoms with Crippen LogP contribution in [0.4, 0.5) is 5.69 Å². The van der Waals surface area contributed by atoms with Gasteiger partial charge in [-0.15, -0.1) is 0 Å². The minimum atomic E-state index is -0.832. The zero-order valence-corrected chi connectivity index (χ0v) is 12.3. The number of benzene rings is 1. The average Bonchev–Trinajstić information content (AvgIpc) is 3.03. The fourth-order valence-corrected chi connectivity index (χ4v) is 1.95. The molecule has 116 valence electrons. The molecule has 7 heteroatoms. The first-order chi connectivity index (χ1) is 10.6. The summed E-state index contributed by atoms with van der Waals surface area (Å²) in [6.07, 6.45) is 0.856. The number of amides is 2. The van der Waals surface area contributed by atoms with E-state index in [-0.39, 0.29) is 13.0 Å². The number of aliphatic hydroxyl groups excluding tert-OH is 1. The van der Waals surface area contributed by atoms with Crippen LogP contribution in [0.3, 0.4) is 0 Å². The van der Waals surface area contributed by atoms with E-state index in [1.54, 1.807) is 36.4 Å². The fraction of sp³-hybridized carbons (Fsp3) is 0.200. The van der Waals surface area contributed by atoms with Gasteiger partial charge in [0, 0.05) is 6.54 Å². The molecular weight excluding hydrogens is 308 g/mol. The molecule has 2 aromatic rings. The number of carbonyl (C=O) groups excluding carboxylic acids is 2. The van der Waals surface area contributed by atoms with Gasteiger partial charge >= 0.3 is 11.8 Å². The van der Waals surface area contributed by atoms with Crippen LogP contribution in [0.15, 0.2) is 47.1 Å². The molecule has 6 nitrogen and oxygen atoms in total. The third-order valence-electron chi connectivity index (χ3n) is 2.90. The van der Waals surface area contributed by atoms with Crippen molar-refractivity contribution in [2.45, 2.75) is 12.5 Å². The van der Waals surface area contributed by atoms with Gasteiger partial charge in [0.25, 0.3) is 0 Å². The smallest absolute Gasteiger partial charge is 0.313 e. The molecule has 0 fully saturated rings. The Labute approximate surface area is 132 Å². The molecule has 0 aliphatic rings. The molecular formula is C15H15ClN2O4. The van der Waals surface area contributed by atoms with E-state index in [0.717, 1.165) is 0 Å². The number of halogens is 1. The van der Waals surface area contributed by atoms with Crippen LogP contribution < -0.4 is 10.6 Å². The monoisotopic (exact) mass is 322 g/mol. The van der Waals surface area contributed by atoms with Crippen LogP contribution in [0.1, 0.15) is 18.3 Å². The number of nitrogens with one attached hydrogen (secondary N) is 2. The van der Waals surface area contributed by atoms with Gasteiger partial charge in [-0.1, -0.05) is 23.7 Å². The first kappa shape index (κ1) is 16.1. The van der Waals surface area contributed by atoms with Crippen molar-refractivity contribution < 1.29 is 19.1 Å². The van der Waals surface area contributed by atoms with Crippen molar-refractivity contribution >= 4 is 29.1 Å². The summed E-state index contributed by atoms with van der Waals surface area (Å²) in [4.78, 5) is 23.4. The zero-order valence-electron chi connectivity index (χ0n) is 11.6. The van der Waals surface area contributed by atoms with Gasteiger partial charge in [0.15, 0.2) is 0 Å². The number of hydrogen-bond donors (Lipinski definition) is 3. The number of hydrogen-bond acceptors (Lipinski definition) is 4. The van der Waals surface area contributed by atoms with Crippen LogP contribution in [0, 0.1) is 0 Å². The molecule has 0 spiro atoms. The van der Waals surface area contributed by atoms with E-state index in [1.165, 1.54) is 6.26 Å². The van der Waals surface area contributed by atoms with E-state index in [4.69, 9.17) is 16.0 Å². The van der Waals surface area contributed by atoms with Gasteiger partial charge in [0.05, 0.1) is 17.0 Å². The van der Waals surface area contributed by atoms with E-state index in [1.807, 2.05) is 0 Å². The molecule has 0 saturated heterocycles. The number of para-hydroxylation sites is 1. The van der Waals surface area contributed by atoms with Gasteiger partial charge in [-0.2, -0.15) is 0 Å². The molecule has 1 aromatic heterocycles. The van der Waals surface area contributed by atoms with E-state index >= 15 is 0 Å². The molecule has 3 N–H and O–H groups in total. The summed E-state index contributed by atoms with van der Waals surface area (Å²) in [5.74, 6) is -1.21. The fourth-order valence-electron chi connectivity index (χ4n) is 1.77. The normalized spacial score (nSPS) is 11.7. The van der Waals surface area contributed by atoms with Crippen LogP contribution in [-0.2, 0) is 9.59 Å². The summed E-state index contributed by atoms with van der Waals surface area (Å²) in [7, 11) is 0. The number of rotatable bonds is 5. The Hall–Kier alpha value is -2.31. The Morgan fingerprint density at radius 1 is 1.18 bits per heavy atom. The molecule has 22 heavy (non-hydrogen) atoms. The SMILES string of the molecule is O=C(NCCC(O)c1ccco1)C(=O)Nc1ccccc1Cl. The minimum absolute atomic E-state index is 0.136. The number of anilines is 1. The van der Waals surface area contributed by atoms with E-state index < -0.39 is 17.9 Å². The maximum Gasteiger partial charge on any atom is 0.313 e. The van der Waals surface area contributed by atoms with Crippen molar-refractivity contribution in [1.29, 1.82) is 0 Å². The van der Waals surface area contributed by atoms with Gasteiger partial charge in [0.1, 0.15) is 11.9 Å². The highest BCUT2D eigenvalue weighted by molar-refractivity contribution is 6.41. The molecule has 2 rings (SSSR count). The van der Waals surface area contributed by atoms with Crippen molar-refractivity contribution in [3.05, 3.63) is 53.4 Å². The highest BCUT2D eigenvalue weighted by atomic mass is 35.5. The third-order valence-corrected chi connectivity index (χ3v) is 3.23. The molecule has 0 aliphatic carbocycles. The predicted octanol–water partition coefficient (Wildman–Crippen LogP) is 2.11. The van der Waals surface area contributed by atoms with Crippen LogP contribution >= 0.6 is 11.6 Å². The quantitative estimate of drug-likeness (QED) is 0.735. The van der Waals surface area contributed by atoms with Gasteiger partial charge in [-0.25, -0.2) is 0 Å². The van der Waals surface area contributed by atoms with Gasteiger partial charge in [-0.05, 0) is 30.7 Å². The van der Waals surface area contributed by atoms with Crippen LogP contribution in [0.2, 0.25) is 5.02 Å². The van der Waals surface area contributed by atoms with E-state index in [0.29, 0.717) is 16.5 Å². The van der Waals surface area contributed by atoms with Crippen molar-refractivity contribution in [3.63, 3.8) is 0 Å². The molecule has 0 bridgehead atoms. The van der Waals surface area contributed by atoms with Gasteiger partial charge in [-0.3, -0.25) is 9.59 Å². The minimum Gasteiger partial charge on any atom is -0.467 e. The van der Waals surface area contributed by atoms with Crippen molar-refractivity contribution in [2.24, 2.45) is 0 Å².